The third kappa shape index (κ3) is 5.52. The smallest absolute Gasteiger partial charge is 0.222 e. The Morgan fingerprint density at radius 3 is 2.56 bits per heavy atom. The summed E-state index contributed by atoms with van der Waals surface area (Å²) in [5, 5.41) is 2.48. The lowest BCUT2D eigenvalue weighted by atomic mass is 10.1. The van der Waals surface area contributed by atoms with E-state index >= 15 is 0 Å². The molecule has 6 nitrogen and oxygen atoms in total. The van der Waals surface area contributed by atoms with Gasteiger partial charge in [0.05, 0.1) is 30.0 Å². The lowest BCUT2D eigenvalue weighted by Gasteiger charge is -2.16. The zero-order valence-corrected chi connectivity index (χ0v) is 15.6. The van der Waals surface area contributed by atoms with Crippen LogP contribution in [0.25, 0.3) is 0 Å². The molecule has 3 atom stereocenters. The van der Waals surface area contributed by atoms with E-state index < -0.39 is 15.1 Å². The molecule has 1 aliphatic rings. The molecule has 1 N–H and O–H groups in total. The topological polar surface area (TPSA) is 81.7 Å². The van der Waals surface area contributed by atoms with Crippen LogP contribution in [0.3, 0.4) is 0 Å². The number of benzene rings is 1. The summed E-state index contributed by atoms with van der Waals surface area (Å²) in [5.41, 5.74) is 0. The fourth-order valence-electron chi connectivity index (χ4n) is 3.25. The van der Waals surface area contributed by atoms with Gasteiger partial charge >= 0.3 is 0 Å². The molecule has 1 aromatic carbocycles. The highest BCUT2D eigenvalue weighted by molar-refractivity contribution is 7.92. The van der Waals surface area contributed by atoms with Gasteiger partial charge < -0.3 is 14.8 Å². The minimum Gasteiger partial charge on any atom is -0.382 e. The van der Waals surface area contributed by atoms with Crippen LogP contribution < -0.4 is 5.32 Å². The van der Waals surface area contributed by atoms with Gasteiger partial charge in [0.2, 0.25) is 5.91 Å². The van der Waals surface area contributed by atoms with Crippen molar-refractivity contribution in [2.24, 2.45) is 5.92 Å². The molecule has 1 amide bonds. The Bertz CT molecular complexity index is 647. The quantitative estimate of drug-likeness (QED) is 0.671. The number of nitrogens with one attached hydrogen (secondary N) is 1. The monoisotopic (exact) mass is 369 g/mol. The Hall–Kier alpha value is -1.44. The van der Waals surface area contributed by atoms with Gasteiger partial charge in [-0.2, -0.15) is 0 Å². The van der Waals surface area contributed by atoms with Gasteiger partial charge in [0.15, 0.2) is 9.84 Å². The van der Waals surface area contributed by atoms with Crippen LogP contribution in [0.15, 0.2) is 35.2 Å². The summed E-state index contributed by atoms with van der Waals surface area (Å²) >= 11 is 0. The van der Waals surface area contributed by atoms with Gasteiger partial charge in [-0.1, -0.05) is 25.1 Å². The summed E-state index contributed by atoms with van der Waals surface area (Å²) in [6, 6.07) is 8.42. The van der Waals surface area contributed by atoms with Crippen LogP contribution in [0.5, 0.6) is 0 Å². The number of carbonyl (C=O) groups excluding carboxylic acids is 1. The number of sulfone groups is 1. The van der Waals surface area contributed by atoms with Crippen molar-refractivity contribution in [2.75, 3.05) is 26.9 Å². The third-order valence-electron chi connectivity index (χ3n) is 4.55. The maximum Gasteiger partial charge on any atom is 0.222 e. The summed E-state index contributed by atoms with van der Waals surface area (Å²) in [6.45, 7) is 3.23. The maximum absolute atomic E-state index is 12.8. The summed E-state index contributed by atoms with van der Waals surface area (Å²) in [6.07, 6.45) is 1.40. The summed E-state index contributed by atoms with van der Waals surface area (Å²) in [5.74, 6) is -0.0964. The minimum atomic E-state index is -3.37. The fourth-order valence-corrected chi connectivity index (χ4v) is 5.35. The molecule has 1 fully saturated rings. The number of amides is 1. The van der Waals surface area contributed by atoms with Crippen molar-refractivity contribution in [3.63, 3.8) is 0 Å². The van der Waals surface area contributed by atoms with Crippen molar-refractivity contribution in [1.29, 1.82) is 0 Å². The lowest BCUT2D eigenvalue weighted by molar-refractivity contribution is -0.122. The Morgan fingerprint density at radius 1 is 1.16 bits per heavy atom. The summed E-state index contributed by atoms with van der Waals surface area (Å²) < 4.78 is 35.8. The number of rotatable bonds is 9. The number of hydrogen-bond donors (Lipinski definition) is 1. The Balaban J connectivity index is 1.85. The highest BCUT2D eigenvalue weighted by atomic mass is 32.2. The first-order valence-corrected chi connectivity index (χ1v) is 10.1. The molecule has 7 heteroatoms. The largest absolute Gasteiger partial charge is 0.382 e. The molecule has 2 rings (SSSR count). The molecule has 25 heavy (non-hydrogen) atoms. The van der Waals surface area contributed by atoms with Crippen molar-refractivity contribution in [1.82, 2.24) is 5.32 Å². The highest BCUT2D eigenvalue weighted by Gasteiger charge is 2.40. The van der Waals surface area contributed by atoms with Crippen LogP contribution >= 0.6 is 0 Å². The van der Waals surface area contributed by atoms with Gasteiger partial charge in [-0.15, -0.1) is 0 Å². The molecule has 1 saturated carbocycles. The Kier molecular flexibility index (Phi) is 7.40. The second-order valence-corrected chi connectivity index (χ2v) is 8.63. The van der Waals surface area contributed by atoms with Gasteiger partial charge in [-0.05, 0) is 30.9 Å². The zero-order chi connectivity index (χ0) is 18.3. The first-order valence-electron chi connectivity index (χ1n) is 8.60. The van der Waals surface area contributed by atoms with Gasteiger partial charge in [-0.3, -0.25) is 4.79 Å². The van der Waals surface area contributed by atoms with E-state index in [1.165, 1.54) is 0 Å². The van der Waals surface area contributed by atoms with E-state index in [0.717, 1.165) is 0 Å². The van der Waals surface area contributed by atoms with Crippen molar-refractivity contribution in [3.8, 4) is 0 Å². The zero-order valence-electron chi connectivity index (χ0n) is 14.8. The van der Waals surface area contributed by atoms with Crippen LogP contribution in [0.1, 0.15) is 26.2 Å². The van der Waals surface area contributed by atoms with E-state index in [2.05, 4.69) is 5.32 Å². The molecular formula is C18H27NO5S. The van der Waals surface area contributed by atoms with Crippen molar-refractivity contribution in [2.45, 2.75) is 42.4 Å². The molecular weight excluding hydrogens is 342 g/mol. The van der Waals surface area contributed by atoms with Gasteiger partial charge in [0.1, 0.15) is 0 Å². The van der Waals surface area contributed by atoms with Crippen LogP contribution in [-0.4, -0.2) is 52.5 Å². The van der Waals surface area contributed by atoms with Crippen LogP contribution in [0.4, 0.5) is 0 Å². The van der Waals surface area contributed by atoms with E-state index in [9.17, 15) is 13.2 Å². The molecule has 0 saturated heterocycles. The summed E-state index contributed by atoms with van der Waals surface area (Å²) in [7, 11) is -1.78. The van der Waals surface area contributed by atoms with E-state index in [1.807, 2.05) is 6.92 Å². The predicted octanol–water partition coefficient (Wildman–Crippen LogP) is 1.80. The second kappa shape index (κ2) is 9.31. The molecule has 0 heterocycles. The third-order valence-corrected chi connectivity index (χ3v) is 6.93. The normalized spacial score (nSPS) is 23.5. The molecule has 0 aromatic heterocycles. The first kappa shape index (κ1) is 19.9. The van der Waals surface area contributed by atoms with Crippen molar-refractivity contribution >= 4 is 15.7 Å². The molecule has 1 aromatic rings. The minimum absolute atomic E-state index is 0.00783. The summed E-state index contributed by atoms with van der Waals surface area (Å²) in [4.78, 5) is 12.3. The molecule has 1 unspecified atom stereocenters. The number of hydrogen-bond acceptors (Lipinski definition) is 5. The van der Waals surface area contributed by atoms with E-state index in [1.54, 1.807) is 37.4 Å². The van der Waals surface area contributed by atoms with Gasteiger partial charge in [0.25, 0.3) is 0 Å². The molecule has 0 aliphatic heterocycles. The van der Waals surface area contributed by atoms with Crippen LogP contribution in [0.2, 0.25) is 0 Å². The number of carbonyl (C=O) groups is 1. The van der Waals surface area contributed by atoms with Crippen molar-refractivity contribution in [3.05, 3.63) is 30.3 Å². The molecule has 1 aliphatic carbocycles. The fraction of sp³-hybridized carbons (Fsp3) is 0.611. The van der Waals surface area contributed by atoms with E-state index in [4.69, 9.17) is 9.47 Å². The standard InChI is InChI=1S/C18H27NO5S/c1-14-12-15(19-18(20)8-9-24-11-10-23-2)13-17(14)25(21,22)16-6-4-3-5-7-16/h3-7,14-15,17H,8-13H2,1-2H3,(H,19,20)/t14-,15+,17?/m1/s1. The highest BCUT2D eigenvalue weighted by Crippen LogP contribution is 2.34. The molecule has 0 radical (unpaired) electrons. The van der Waals surface area contributed by atoms with Crippen LogP contribution in [0, 0.1) is 5.92 Å². The van der Waals surface area contributed by atoms with Crippen molar-refractivity contribution < 1.29 is 22.7 Å². The predicted molar refractivity (Wildman–Crippen MR) is 95.1 cm³/mol. The lowest BCUT2D eigenvalue weighted by Crippen LogP contribution is -2.34. The Morgan fingerprint density at radius 2 is 1.88 bits per heavy atom. The number of methoxy groups -OCH3 is 1. The average molecular weight is 369 g/mol. The van der Waals surface area contributed by atoms with E-state index in [0.29, 0.717) is 37.6 Å². The molecule has 0 bridgehead atoms. The average Bonchev–Trinajstić information content (AvgIpc) is 2.96. The first-order chi connectivity index (χ1) is 11.9. The van der Waals surface area contributed by atoms with E-state index in [-0.39, 0.29) is 24.3 Å². The SMILES string of the molecule is COCCOCCC(=O)N[C@@H]1CC(S(=O)(=O)c2ccccc2)[C@H](C)C1. The Labute approximate surface area is 149 Å². The second-order valence-electron chi connectivity index (χ2n) is 6.46. The maximum atomic E-state index is 12.8. The van der Waals surface area contributed by atoms with Crippen LogP contribution in [-0.2, 0) is 24.1 Å². The number of ether oxygens (including phenoxy) is 2. The van der Waals surface area contributed by atoms with Gasteiger partial charge in [-0.25, -0.2) is 8.42 Å². The molecule has 0 spiro atoms. The van der Waals surface area contributed by atoms with Gasteiger partial charge in [0, 0.05) is 19.6 Å². The molecule has 140 valence electrons.